The lowest BCUT2D eigenvalue weighted by Gasteiger charge is -2.07. The molecule has 7 heteroatoms. The summed E-state index contributed by atoms with van der Waals surface area (Å²) in [6.07, 6.45) is 3.02. The van der Waals surface area contributed by atoms with Crippen molar-refractivity contribution < 1.29 is 22.7 Å². The topological polar surface area (TPSA) is 93.3 Å². The molecule has 0 unspecified atom stereocenters. The Hall–Kier alpha value is -2.15. The average Bonchev–Trinajstić information content (AvgIpc) is 3.15. The molecule has 25 heavy (non-hydrogen) atoms. The summed E-state index contributed by atoms with van der Waals surface area (Å²) >= 11 is 0. The minimum atomic E-state index is -3.02. The third-order valence-corrected chi connectivity index (χ3v) is 6.47. The van der Waals surface area contributed by atoms with Crippen LogP contribution in [0.1, 0.15) is 35.7 Å². The Kier molecular flexibility index (Phi) is 4.94. The summed E-state index contributed by atoms with van der Waals surface area (Å²) in [7, 11) is -3.02. The van der Waals surface area contributed by atoms with Crippen LogP contribution in [0.25, 0.3) is 10.9 Å². The number of aromatic amines is 1. The fraction of sp³-hybridized carbons (Fsp3) is 0.444. The largest absolute Gasteiger partial charge is 0.457 e. The summed E-state index contributed by atoms with van der Waals surface area (Å²) < 4.78 is 27.9. The summed E-state index contributed by atoms with van der Waals surface area (Å²) in [4.78, 5) is 27.4. The summed E-state index contributed by atoms with van der Waals surface area (Å²) in [6.45, 7) is 1.71. The van der Waals surface area contributed by atoms with E-state index in [4.69, 9.17) is 4.74 Å². The van der Waals surface area contributed by atoms with E-state index in [9.17, 15) is 18.0 Å². The SMILES string of the molecule is CCc1cccc2c(C(=O)COC(=O)C[C@H]3CCS(=O)(=O)C3)c[nH]c12. The number of benzene rings is 1. The average molecular weight is 363 g/mol. The van der Waals surface area contributed by atoms with Crippen LogP contribution in [-0.4, -0.2) is 43.3 Å². The van der Waals surface area contributed by atoms with Gasteiger partial charge in [0.05, 0.1) is 11.5 Å². The van der Waals surface area contributed by atoms with Gasteiger partial charge >= 0.3 is 5.97 Å². The van der Waals surface area contributed by atoms with Crippen LogP contribution in [0.3, 0.4) is 0 Å². The van der Waals surface area contributed by atoms with Crippen molar-refractivity contribution in [1.82, 2.24) is 4.98 Å². The number of aromatic nitrogens is 1. The van der Waals surface area contributed by atoms with Gasteiger partial charge in [-0.2, -0.15) is 0 Å². The minimum absolute atomic E-state index is 0.0261. The molecule has 2 aromatic rings. The van der Waals surface area contributed by atoms with Gasteiger partial charge in [-0.1, -0.05) is 25.1 Å². The molecule has 1 aromatic carbocycles. The van der Waals surface area contributed by atoms with E-state index in [0.717, 1.165) is 22.9 Å². The highest BCUT2D eigenvalue weighted by atomic mass is 32.2. The Balaban J connectivity index is 1.60. The van der Waals surface area contributed by atoms with Gasteiger partial charge in [0.15, 0.2) is 16.4 Å². The van der Waals surface area contributed by atoms with Gasteiger partial charge in [-0.3, -0.25) is 9.59 Å². The van der Waals surface area contributed by atoms with Crippen LogP contribution in [0, 0.1) is 5.92 Å². The fourth-order valence-corrected chi connectivity index (χ4v) is 5.16. The number of ketones is 1. The molecule has 1 saturated heterocycles. The number of rotatable bonds is 6. The molecule has 0 saturated carbocycles. The Morgan fingerprint density at radius 2 is 2.12 bits per heavy atom. The zero-order valence-electron chi connectivity index (χ0n) is 14.1. The second-order valence-electron chi connectivity index (χ2n) is 6.45. The maximum atomic E-state index is 12.4. The van der Waals surface area contributed by atoms with Crippen LogP contribution in [0.2, 0.25) is 0 Å². The number of carbonyl (C=O) groups excluding carboxylic acids is 2. The van der Waals surface area contributed by atoms with Gasteiger partial charge in [0.2, 0.25) is 5.78 Å². The molecule has 0 aliphatic carbocycles. The number of nitrogens with one attached hydrogen (secondary N) is 1. The van der Waals surface area contributed by atoms with Crippen molar-refractivity contribution in [3.05, 3.63) is 35.5 Å². The van der Waals surface area contributed by atoms with E-state index >= 15 is 0 Å². The Morgan fingerprint density at radius 3 is 2.80 bits per heavy atom. The van der Waals surface area contributed by atoms with Crippen molar-refractivity contribution in [2.24, 2.45) is 5.92 Å². The molecule has 1 aliphatic rings. The molecular weight excluding hydrogens is 342 g/mol. The Bertz CT molecular complexity index is 913. The van der Waals surface area contributed by atoms with Crippen LogP contribution in [0.4, 0.5) is 0 Å². The summed E-state index contributed by atoms with van der Waals surface area (Å²) in [5.74, 6) is -0.846. The van der Waals surface area contributed by atoms with E-state index in [-0.39, 0.29) is 36.2 Å². The first-order valence-corrected chi connectivity index (χ1v) is 10.2. The van der Waals surface area contributed by atoms with E-state index in [1.807, 2.05) is 25.1 Å². The predicted octanol–water partition coefficient (Wildman–Crippen LogP) is 2.28. The second-order valence-corrected chi connectivity index (χ2v) is 8.68. The zero-order chi connectivity index (χ0) is 18.0. The van der Waals surface area contributed by atoms with Crippen LogP contribution in [-0.2, 0) is 25.8 Å². The zero-order valence-corrected chi connectivity index (χ0v) is 14.9. The number of carbonyl (C=O) groups is 2. The van der Waals surface area contributed by atoms with Gasteiger partial charge in [-0.05, 0) is 24.3 Å². The van der Waals surface area contributed by atoms with Crippen molar-refractivity contribution in [1.29, 1.82) is 0 Å². The first-order chi connectivity index (χ1) is 11.9. The molecule has 0 amide bonds. The number of ether oxygens (including phenoxy) is 1. The molecule has 2 heterocycles. The van der Waals surface area contributed by atoms with Crippen LogP contribution in [0.15, 0.2) is 24.4 Å². The molecule has 0 bridgehead atoms. The first-order valence-electron chi connectivity index (χ1n) is 8.38. The number of esters is 1. The second kappa shape index (κ2) is 7.00. The van der Waals surface area contributed by atoms with E-state index in [1.54, 1.807) is 6.20 Å². The molecule has 1 aliphatic heterocycles. The van der Waals surface area contributed by atoms with E-state index in [1.165, 1.54) is 0 Å². The number of aryl methyl sites for hydroxylation is 1. The molecular formula is C18H21NO5S. The van der Waals surface area contributed by atoms with Crippen LogP contribution < -0.4 is 0 Å². The molecule has 1 atom stereocenters. The third-order valence-electron chi connectivity index (χ3n) is 4.63. The molecule has 3 rings (SSSR count). The van der Waals surface area contributed by atoms with Crippen molar-refractivity contribution in [2.75, 3.05) is 18.1 Å². The molecule has 134 valence electrons. The van der Waals surface area contributed by atoms with Crippen molar-refractivity contribution in [3.63, 3.8) is 0 Å². The lowest BCUT2D eigenvalue weighted by Crippen LogP contribution is -2.17. The van der Waals surface area contributed by atoms with E-state index in [2.05, 4.69) is 4.98 Å². The maximum Gasteiger partial charge on any atom is 0.306 e. The fourth-order valence-electron chi connectivity index (χ4n) is 3.29. The van der Waals surface area contributed by atoms with Crippen LogP contribution >= 0.6 is 0 Å². The van der Waals surface area contributed by atoms with Crippen LogP contribution in [0.5, 0.6) is 0 Å². The number of hydrogen-bond acceptors (Lipinski definition) is 5. The van der Waals surface area contributed by atoms with Crippen molar-refractivity contribution in [2.45, 2.75) is 26.2 Å². The van der Waals surface area contributed by atoms with Gasteiger partial charge < -0.3 is 9.72 Å². The predicted molar refractivity (Wildman–Crippen MR) is 94.3 cm³/mol. The van der Waals surface area contributed by atoms with E-state index in [0.29, 0.717) is 12.0 Å². The van der Waals surface area contributed by atoms with E-state index < -0.39 is 15.8 Å². The number of hydrogen-bond donors (Lipinski definition) is 1. The number of fused-ring (bicyclic) bond motifs is 1. The molecule has 1 fully saturated rings. The smallest absolute Gasteiger partial charge is 0.306 e. The Labute approximate surface area is 146 Å². The number of H-pyrrole nitrogens is 1. The van der Waals surface area contributed by atoms with Gasteiger partial charge in [0, 0.05) is 29.1 Å². The lowest BCUT2D eigenvalue weighted by molar-refractivity contribution is -0.143. The number of sulfone groups is 1. The van der Waals surface area contributed by atoms with Gasteiger partial charge in [0.25, 0.3) is 0 Å². The first kappa shape index (κ1) is 17.7. The quantitative estimate of drug-likeness (QED) is 0.628. The minimum Gasteiger partial charge on any atom is -0.457 e. The Morgan fingerprint density at radius 1 is 1.32 bits per heavy atom. The normalized spacial score (nSPS) is 19.2. The summed E-state index contributed by atoms with van der Waals surface area (Å²) in [6, 6.07) is 5.77. The highest BCUT2D eigenvalue weighted by molar-refractivity contribution is 7.91. The van der Waals surface area contributed by atoms with Gasteiger partial charge in [-0.25, -0.2) is 8.42 Å². The highest BCUT2D eigenvalue weighted by Crippen LogP contribution is 2.24. The summed E-state index contributed by atoms with van der Waals surface area (Å²) in [5, 5.41) is 0.822. The van der Waals surface area contributed by atoms with Gasteiger partial charge in [0.1, 0.15) is 0 Å². The maximum absolute atomic E-state index is 12.4. The van der Waals surface area contributed by atoms with Crippen molar-refractivity contribution >= 4 is 32.5 Å². The third kappa shape index (κ3) is 3.92. The van der Waals surface area contributed by atoms with Crippen molar-refractivity contribution in [3.8, 4) is 0 Å². The highest BCUT2D eigenvalue weighted by Gasteiger charge is 2.30. The number of Topliss-reactive ketones (excluding diaryl/α,β-unsaturated/α-hetero) is 1. The molecule has 1 N–H and O–H groups in total. The molecule has 1 aromatic heterocycles. The van der Waals surface area contributed by atoms with Gasteiger partial charge in [-0.15, -0.1) is 0 Å². The standard InChI is InChI=1S/C18H21NO5S/c1-2-13-4-3-5-14-15(9-19-18(13)14)16(20)10-24-17(21)8-12-6-7-25(22,23)11-12/h3-5,9,12,19H,2,6-8,10-11H2,1H3/t12-/m1/s1. The number of para-hydroxylation sites is 1. The molecule has 6 nitrogen and oxygen atoms in total. The lowest BCUT2D eigenvalue weighted by atomic mass is 10.0. The molecule has 0 spiro atoms. The summed E-state index contributed by atoms with van der Waals surface area (Å²) in [5.41, 5.74) is 2.55. The monoisotopic (exact) mass is 363 g/mol. The molecule has 0 radical (unpaired) electrons.